The van der Waals surface area contributed by atoms with Crippen LogP contribution in [0.4, 0.5) is 4.39 Å². The third kappa shape index (κ3) is 3.34. The SMILES string of the molecule is CC(c1ccco1)N(C)C(=O)c1cn(Cc2ccc(F)cc2)nn1. The van der Waals surface area contributed by atoms with Crippen molar-refractivity contribution >= 4 is 5.91 Å². The van der Waals surface area contributed by atoms with Crippen molar-refractivity contribution in [1.29, 1.82) is 0 Å². The predicted molar refractivity (Wildman–Crippen MR) is 84.7 cm³/mol. The van der Waals surface area contributed by atoms with Gasteiger partial charge in [0.05, 0.1) is 25.0 Å². The fraction of sp³-hybridized carbons (Fsp3) is 0.235. The molecule has 0 N–H and O–H groups in total. The second-order valence-corrected chi connectivity index (χ2v) is 5.54. The van der Waals surface area contributed by atoms with Crippen molar-refractivity contribution in [3.8, 4) is 0 Å². The van der Waals surface area contributed by atoms with Gasteiger partial charge in [-0.15, -0.1) is 5.10 Å². The molecular weight excluding hydrogens is 311 g/mol. The topological polar surface area (TPSA) is 64.2 Å². The molecule has 24 heavy (non-hydrogen) atoms. The van der Waals surface area contributed by atoms with Crippen LogP contribution in [-0.2, 0) is 6.54 Å². The fourth-order valence-corrected chi connectivity index (χ4v) is 2.33. The lowest BCUT2D eigenvalue weighted by molar-refractivity contribution is 0.0720. The van der Waals surface area contributed by atoms with Crippen molar-refractivity contribution in [2.24, 2.45) is 0 Å². The van der Waals surface area contributed by atoms with Crippen LogP contribution in [0.15, 0.2) is 53.3 Å². The van der Waals surface area contributed by atoms with E-state index in [0.29, 0.717) is 12.3 Å². The molecule has 6 nitrogen and oxygen atoms in total. The molecule has 2 aromatic heterocycles. The van der Waals surface area contributed by atoms with Gasteiger partial charge in [-0.2, -0.15) is 0 Å². The number of aromatic nitrogens is 3. The number of carbonyl (C=O) groups excluding carboxylic acids is 1. The number of benzene rings is 1. The monoisotopic (exact) mass is 328 g/mol. The number of hydrogen-bond acceptors (Lipinski definition) is 4. The first-order valence-electron chi connectivity index (χ1n) is 7.49. The molecule has 7 heteroatoms. The Morgan fingerprint density at radius 1 is 1.33 bits per heavy atom. The van der Waals surface area contributed by atoms with Crippen LogP contribution in [0.25, 0.3) is 0 Å². The fourth-order valence-electron chi connectivity index (χ4n) is 2.33. The Morgan fingerprint density at radius 2 is 2.08 bits per heavy atom. The first-order chi connectivity index (χ1) is 11.5. The van der Waals surface area contributed by atoms with Crippen LogP contribution in [0.2, 0.25) is 0 Å². The molecule has 1 unspecified atom stereocenters. The molecule has 0 radical (unpaired) electrons. The molecule has 0 saturated carbocycles. The van der Waals surface area contributed by atoms with Crippen LogP contribution in [0, 0.1) is 5.82 Å². The molecule has 1 amide bonds. The standard InChI is InChI=1S/C17H17FN4O2/c1-12(16-4-3-9-24-16)21(2)17(23)15-11-22(20-19-15)10-13-5-7-14(18)8-6-13/h3-9,11-12H,10H2,1-2H3. The first kappa shape index (κ1) is 15.9. The van der Waals surface area contributed by atoms with Gasteiger partial charge in [0.1, 0.15) is 11.6 Å². The smallest absolute Gasteiger partial charge is 0.276 e. The zero-order valence-electron chi connectivity index (χ0n) is 13.4. The van der Waals surface area contributed by atoms with Crippen LogP contribution in [-0.4, -0.2) is 32.8 Å². The second kappa shape index (κ2) is 6.66. The summed E-state index contributed by atoms with van der Waals surface area (Å²) in [7, 11) is 1.69. The van der Waals surface area contributed by atoms with E-state index in [0.717, 1.165) is 5.56 Å². The number of halogens is 1. The maximum atomic E-state index is 12.9. The highest BCUT2D eigenvalue weighted by Gasteiger charge is 2.23. The highest BCUT2D eigenvalue weighted by Crippen LogP contribution is 2.20. The van der Waals surface area contributed by atoms with Crippen LogP contribution in [0.3, 0.4) is 0 Å². The summed E-state index contributed by atoms with van der Waals surface area (Å²) in [5.74, 6) is 0.163. The van der Waals surface area contributed by atoms with Crippen LogP contribution in [0.5, 0.6) is 0 Å². The Kier molecular flexibility index (Phi) is 4.41. The molecule has 0 fully saturated rings. The molecule has 2 heterocycles. The molecule has 0 saturated heterocycles. The third-order valence-electron chi connectivity index (χ3n) is 3.87. The molecule has 1 aromatic carbocycles. The highest BCUT2D eigenvalue weighted by molar-refractivity contribution is 5.91. The largest absolute Gasteiger partial charge is 0.467 e. The average Bonchev–Trinajstić information content (AvgIpc) is 3.26. The quantitative estimate of drug-likeness (QED) is 0.722. The molecule has 3 aromatic rings. The molecule has 0 aliphatic heterocycles. The minimum absolute atomic E-state index is 0.213. The number of amides is 1. The number of furan rings is 1. The Morgan fingerprint density at radius 3 is 2.75 bits per heavy atom. The van der Waals surface area contributed by atoms with Gasteiger partial charge in [0.25, 0.3) is 5.91 Å². The van der Waals surface area contributed by atoms with Crippen LogP contribution in [0.1, 0.15) is 34.8 Å². The normalized spacial score (nSPS) is 12.1. The van der Waals surface area contributed by atoms with Crippen molar-refractivity contribution in [3.05, 3.63) is 71.7 Å². The van der Waals surface area contributed by atoms with Gasteiger partial charge in [-0.1, -0.05) is 17.3 Å². The van der Waals surface area contributed by atoms with E-state index in [1.54, 1.807) is 47.3 Å². The van der Waals surface area contributed by atoms with Crippen LogP contribution >= 0.6 is 0 Å². The second-order valence-electron chi connectivity index (χ2n) is 5.54. The average molecular weight is 328 g/mol. The molecule has 0 bridgehead atoms. The van der Waals surface area contributed by atoms with Gasteiger partial charge in [-0.05, 0) is 36.8 Å². The van der Waals surface area contributed by atoms with Crippen molar-refractivity contribution < 1.29 is 13.6 Å². The summed E-state index contributed by atoms with van der Waals surface area (Å²) in [6.07, 6.45) is 3.15. The van der Waals surface area contributed by atoms with Crippen molar-refractivity contribution in [2.75, 3.05) is 7.05 Å². The summed E-state index contributed by atoms with van der Waals surface area (Å²) in [4.78, 5) is 14.1. The molecule has 0 aliphatic carbocycles. The van der Waals surface area contributed by atoms with E-state index in [-0.39, 0.29) is 23.5 Å². The summed E-state index contributed by atoms with van der Waals surface area (Å²) in [5, 5.41) is 7.89. The number of rotatable bonds is 5. The van der Waals surface area contributed by atoms with Crippen LogP contribution < -0.4 is 0 Å². The Balaban J connectivity index is 1.70. The van der Waals surface area contributed by atoms with E-state index >= 15 is 0 Å². The van der Waals surface area contributed by atoms with E-state index in [1.165, 1.54) is 12.1 Å². The maximum absolute atomic E-state index is 12.9. The summed E-state index contributed by atoms with van der Waals surface area (Å²) in [5.41, 5.74) is 1.12. The van der Waals surface area contributed by atoms with E-state index in [9.17, 15) is 9.18 Å². The van der Waals surface area contributed by atoms with E-state index in [2.05, 4.69) is 10.3 Å². The van der Waals surface area contributed by atoms with Gasteiger partial charge >= 0.3 is 0 Å². The molecule has 124 valence electrons. The minimum Gasteiger partial charge on any atom is -0.467 e. The lowest BCUT2D eigenvalue weighted by Gasteiger charge is -2.22. The molecular formula is C17H17FN4O2. The zero-order chi connectivity index (χ0) is 17.1. The number of carbonyl (C=O) groups is 1. The lowest BCUT2D eigenvalue weighted by atomic mass is 10.2. The molecule has 3 rings (SSSR count). The third-order valence-corrected chi connectivity index (χ3v) is 3.87. The van der Waals surface area contributed by atoms with E-state index < -0.39 is 0 Å². The van der Waals surface area contributed by atoms with Gasteiger partial charge in [0, 0.05) is 7.05 Å². The Labute approximate surface area is 138 Å². The first-order valence-corrected chi connectivity index (χ1v) is 7.49. The summed E-state index contributed by atoms with van der Waals surface area (Å²) in [6, 6.07) is 9.50. The molecule has 0 aliphatic rings. The zero-order valence-corrected chi connectivity index (χ0v) is 13.4. The van der Waals surface area contributed by atoms with Gasteiger partial charge in [-0.3, -0.25) is 4.79 Å². The van der Waals surface area contributed by atoms with E-state index in [4.69, 9.17) is 4.42 Å². The number of hydrogen-bond donors (Lipinski definition) is 0. The Bertz CT molecular complexity index is 812. The summed E-state index contributed by atoms with van der Waals surface area (Å²) >= 11 is 0. The highest BCUT2D eigenvalue weighted by atomic mass is 19.1. The predicted octanol–water partition coefficient (Wildman–Crippen LogP) is 2.89. The Hall–Kier alpha value is -2.96. The molecule has 1 atom stereocenters. The van der Waals surface area contributed by atoms with Gasteiger partial charge in [0.2, 0.25) is 0 Å². The maximum Gasteiger partial charge on any atom is 0.276 e. The molecule has 0 spiro atoms. The van der Waals surface area contributed by atoms with Crippen molar-refractivity contribution in [2.45, 2.75) is 19.5 Å². The summed E-state index contributed by atoms with van der Waals surface area (Å²) < 4.78 is 19.8. The van der Waals surface area contributed by atoms with Gasteiger partial charge in [-0.25, -0.2) is 9.07 Å². The van der Waals surface area contributed by atoms with E-state index in [1.807, 2.05) is 13.0 Å². The van der Waals surface area contributed by atoms with Crippen molar-refractivity contribution in [1.82, 2.24) is 19.9 Å². The van der Waals surface area contributed by atoms with Crippen molar-refractivity contribution in [3.63, 3.8) is 0 Å². The minimum atomic E-state index is -0.290. The lowest BCUT2D eigenvalue weighted by Crippen LogP contribution is -2.29. The van der Waals surface area contributed by atoms with Gasteiger partial charge in [0.15, 0.2) is 5.69 Å². The summed E-state index contributed by atoms with van der Waals surface area (Å²) in [6.45, 7) is 2.29. The number of nitrogens with zero attached hydrogens (tertiary/aromatic N) is 4. The van der Waals surface area contributed by atoms with Gasteiger partial charge < -0.3 is 9.32 Å².